The number of amidine groups is 1. The molecular formula is C7H12N2O3S. The van der Waals surface area contributed by atoms with Crippen LogP contribution in [0.3, 0.4) is 0 Å². The maximum atomic E-state index is 11.1. The molecule has 0 aliphatic carbocycles. The molecule has 0 amide bonds. The smallest absolute Gasteiger partial charge is 0.327 e. The van der Waals surface area contributed by atoms with Gasteiger partial charge in [-0.15, -0.1) is 0 Å². The normalized spacial score (nSPS) is 11.8. The van der Waals surface area contributed by atoms with Crippen molar-refractivity contribution in [1.82, 2.24) is 0 Å². The van der Waals surface area contributed by atoms with E-state index in [2.05, 4.69) is 4.74 Å². The largest absolute Gasteiger partial charge is 0.465 e. The van der Waals surface area contributed by atoms with Gasteiger partial charge < -0.3 is 10.5 Å². The van der Waals surface area contributed by atoms with Crippen molar-refractivity contribution in [3.8, 4) is 0 Å². The van der Waals surface area contributed by atoms with Crippen molar-refractivity contribution in [2.24, 2.45) is 5.73 Å². The van der Waals surface area contributed by atoms with Gasteiger partial charge >= 0.3 is 5.97 Å². The van der Waals surface area contributed by atoms with E-state index in [9.17, 15) is 9.59 Å². The van der Waals surface area contributed by atoms with Gasteiger partial charge in [0.1, 0.15) is 0 Å². The fraction of sp³-hybridized carbons (Fsp3) is 0.571. The van der Waals surface area contributed by atoms with E-state index in [1.807, 2.05) is 0 Å². The molecule has 74 valence electrons. The lowest BCUT2D eigenvalue weighted by molar-refractivity contribution is -0.144. The molecule has 3 N–H and O–H groups in total. The number of ketones is 1. The minimum atomic E-state index is -1.00. The van der Waals surface area contributed by atoms with Gasteiger partial charge in [-0.05, 0) is 13.8 Å². The molecule has 1 atom stereocenters. The van der Waals surface area contributed by atoms with E-state index in [1.54, 1.807) is 6.92 Å². The fourth-order valence-corrected chi connectivity index (χ4v) is 1.23. The van der Waals surface area contributed by atoms with Crippen LogP contribution in [0.25, 0.3) is 0 Å². The van der Waals surface area contributed by atoms with E-state index in [1.165, 1.54) is 6.92 Å². The summed E-state index contributed by atoms with van der Waals surface area (Å²) in [6.07, 6.45) is 0. The highest BCUT2D eigenvalue weighted by Gasteiger charge is 2.26. The number of nitrogens with one attached hydrogen (secondary N) is 1. The molecule has 0 spiro atoms. The summed E-state index contributed by atoms with van der Waals surface area (Å²) in [6.45, 7) is 3.12. The highest BCUT2D eigenvalue weighted by molar-refractivity contribution is 8.15. The standard InChI is InChI=1S/C7H12N2O3S/c1-3-12-6(11)5(4(2)10)13-7(8)9/h5H,3H2,1-2H3,(H3,8,9). The molecule has 0 saturated heterocycles. The number of hydrogen-bond donors (Lipinski definition) is 2. The van der Waals surface area contributed by atoms with Crippen LogP contribution in [0.1, 0.15) is 13.8 Å². The van der Waals surface area contributed by atoms with Crippen LogP contribution in [-0.4, -0.2) is 28.8 Å². The Kier molecular flexibility index (Phi) is 5.13. The molecule has 13 heavy (non-hydrogen) atoms. The van der Waals surface area contributed by atoms with E-state index in [-0.39, 0.29) is 17.6 Å². The number of carbonyl (C=O) groups excluding carboxylic acids is 2. The molecule has 0 saturated carbocycles. The topological polar surface area (TPSA) is 93.2 Å². The van der Waals surface area contributed by atoms with Gasteiger partial charge in [0.15, 0.2) is 16.2 Å². The summed E-state index contributed by atoms with van der Waals surface area (Å²) in [5.41, 5.74) is 5.05. The second-order valence-corrected chi connectivity index (χ2v) is 3.37. The minimum absolute atomic E-state index is 0.209. The first-order valence-corrected chi connectivity index (χ1v) is 4.54. The summed E-state index contributed by atoms with van der Waals surface area (Å²) in [4.78, 5) is 22.0. The quantitative estimate of drug-likeness (QED) is 0.294. The van der Waals surface area contributed by atoms with Crippen molar-refractivity contribution in [3.05, 3.63) is 0 Å². The average Bonchev–Trinajstić information content (AvgIpc) is 1.99. The van der Waals surface area contributed by atoms with Gasteiger partial charge in [0.25, 0.3) is 0 Å². The van der Waals surface area contributed by atoms with Crippen LogP contribution in [0.2, 0.25) is 0 Å². The third-order valence-corrected chi connectivity index (χ3v) is 2.13. The van der Waals surface area contributed by atoms with Gasteiger partial charge in [-0.3, -0.25) is 15.0 Å². The minimum Gasteiger partial charge on any atom is -0.465 e. The molecule has 0 rings (SSSR count). The highest BCUT2D eigenvalue weighted by Crippen LogP contribution is 2.12. The first kappa shape index (κ1) is 12.0. The maximum absolute atomic E-state index is 11.1. The predicted molar refractivity (Wildman–Crippen MR) is 50.6 cm³/mol. The van der Waals surface area contributed by atoms with Gasteiger partial charge in [0.2, 0.25) is 0 Å². The molecule has 0 bridgehead atoms. The Morgan fingerprint density at radius 3 is 2.46 bits per heavy atom. The maximum Gasteiger partial charge on any atom is 0.327 e. The number of nitrogens with two attached hydrogens (primary N) is 1. The molecule has 0 aromatic rings. The van der Waals surface area contributed by atoms with Crippen LogP contribution in [0.4, 0.5) is 0 Å². The zero-order valence-corrected chi connectivity index (χ0v) is 8.31. The summed E-state index contributed by atoms with van der Waals surface area (Å²) in [5, 5.41) is 5.65. The molecule has 5 nitrogen and oxygen atoms in total. The molecule has 0 aromatic carbocycles. The molecule has 0 heterocycles. The fourth-order valence-electron chi connectivity index (χ4n) is 0.642. The lowest BCUT2D eigenvalue weighted by Crippen LogP contribution is -2.29. The van der Waals surface area contributed by atoms with Gasteiger partial charge in [0, 0.05) is 0 Å². The van der Waals surface area contributed by atoms with E-state index in [4.69, 9.17) is 11.1 Å². The van der Waals surface area contributed by atoms with Crippen molar-refractivity contribution in [3.63, 3.8) is 0 Å². The molecule has 0 aromatic heterocycles. The number of rotatable bonds is 4. The number of esters is 1. The lowest BCUT2D eigenvalue weighted by atomic mass is 10.3. The van der Waals surface area contributed by atoms with E-state index in [0.29, 0.717) is 11.8 Å². The van der Waals surface area contributed by atoms with Crippen LogP contribution in [0.5, 0.6) is 0 Å². The predicted octanol–water partition coefficient (Wildman–Crippen LogP) is 0.134. The zero-order valence-electron chi connectivity index (χ0n) is 7.49. The van der Waals surface area contributed by atoms with Gasteiger partial charge in [-0.1, -0.05) is 11.8 Å². The van der Waals surface area contributed by atoms with Crippen LogP contribution in [0.15, 0.2) is 0 Å². The number of carbonyl (C=O) groups is 2. The summed E-state index contributed by atoms with van der Waals surface area (Å²) in [5.74, 6) is -1.01. The SMILES string of the molecule is CCOC(=O)C(SC(=N)N)C(C)=O. The van der Waals surface area contributed by atoms with Crippen molar-refractivity contribution in [2.75, 3.05) is 6.61 Å². The highest BCUT2D eigenvalue weighted by atomic mass is 32.2. The first-order valence-electron chi connectivity index (χ1n) is 3.66. The molecule has 0 radical (unpaired) electrons. The molecule has 0 aliphatic heterocycles. The number of Topliss-reactive ketones (excluding diaryl/α,β-unsaturated/α-hetero) is 1. The van der Waals surface area contributed by atoms with Gasteiger partial charge in [0.05, 0.1) is 6.61 Å². The van der Waals surface area contributed by atoms with Crippen LogP contribution < -0.4 is 5.73 Å². The molecular weight excluding hydrogens is 192 g/mol. The molecule has 6 heteroatoms. The van der Waals surface area contributed by atoms with Crippen molar-refractivity contribution in [1.29, 1.82) is 5.41 Å². The van der Waals surface area contributed by atoms with Crippen molar-refractivity contribution < 1.29 is 14.3 Å². The first-order chi connectivity index (χ1) is 5.99. The summed E-state index contributed by atoms with van der Waals surface area (Å²) in [7, 11) is 0. The molecule has 1 unspecified atom stereocenters. The Hall–Kier alpha value is -1.04. The number of ether oxygens (including phenoxy) is 1. The summed E-state index contributed by atoms with van der Waals surface area (Å²) < 4.78 is 4.63. The Labute approximate surface area is 80.5 Å². The van der Waals surface area contributed by atoms with Crippen LogP contribution >= 0.6 is 11.8 Å². The van der Waals surface area contributed by atoms with E-state index >= 15 is 0 Å². The lowest BCUT2D eigenvalue weighted by Gasteiger charge is -2.10. The second kappa shape index (κ2) is 5.58. The van der Waals surface area contributed by atoms with Crippen LogP contribution in [0, 0.1) is 5.41 Å². The molecule has 0 aliphatic rings. The van der Waals surface area contributed by atoms with Gasteiger partial charge in [-0.25, -0.2) is 0 Å². The van der Waals surface area contributed by atoms with Gasteiger partial charge in [-0.2, -0.15) is 0 Å². The second-order valence-electron chi connectivity index (χ2n) is 2.22. The zero-order chi connectivity index (χ0) is 10.4. The monoisotopic (exact) mass is 204 g/mol. The van der Waals surface area contributed by atoms with Crippen LogP contribution in [-0.2, 0) is 14.3 Å². The number of thioether (sulfide) groups is 1. The summed E-state index contributed by atoms with van der Waals surface area (Å²) >= 11 is 0.693. The number of hydrogen-bond acceptors (Lipinski definition) is 5. The van der Waals surface area contributed by atoms with Crippen molar-refractivity contribution >= 4 is 28.7 Å². The molecule has 0 fully saturated rings. The Morgan fingerprint density at radius 1 is 1.62 bits per heavy atom. The Balaban J connectivity index is 4.32. The van der Waals surface area contributed by atoms with Crippen molar-refractivity contribution in [2.45, 2.75) is 19.1 Å². The Morgan fingerprint density at radius 2 is 2.15 bits per heavy atom. The third kappa shape index (κ3) is 4.51. The average molecular weight is 204 g/mol. The van der Waals surface area contributed by atoms with E-state index in [0.717, 1.165) is 0 Å². The Bertz CT molecular complexity index is 230. The summed E-state index contributed by atoms with van der Waals surface area (Å²) in [6, 6.07) is 0. The third-order valence-electron chi connectivity index (χ3n) is 1.11. The van der Waals surface area contributed by atoms with E-state index < -0.39 is 11.2 Å².